The van der Waals surface area contributed by atoms with Crippen LogP contribution in [0.25, 0.3) is 0 Å². The summed E-state index contributed by atoms with van der Waals surface area (Å²) in [5.74, 6) is -1.98. The Labute approximate surface area is 526 Å². The highest BCUT2D eigenvalue weighted by Crippen LogP contribution is 2.19. The quantitative estimate of drug-likeness (QED) is 0.0211. The topological polar surface area (TPSA) is 108 Å². The number of carbonyl (C=O) groups is 3. The Morgan fingerprint density at radius 3 is 1.01 bits per heavy atom. The van der Waals surface area contributed by atoms with Gasteiger partial charge < -0.3 is 28.5 Å². The summed E-state index contributed by atoms with van der Waals surface area (Å²) in [5.41, 5.74) is 0. The van der Waals surface area contributed by atoms with Gasteiger partial charge in [-0.3, -0.25) is 9.59 Å². The van der Waals surface area contributed by atoms with E-state index in [0.717, 1.165) is 64.2 Å². The number of hydrogen-bond donors (Lipinski definition) is 1. The van der Waals surface area contributed by atoms with Crippen LogP contribution in [0.3, 0.4) is 0 Å². The van der Waals surface area contributed by atoms with Crippen LogP contribution in [0.1, 0.15) is 348 Å². The molecular weight excluding hydrogens is 1050 g/mol. The molecule has 0 aromatic heterocycles. The zero-order valence-corrected chi connectivity index (χ0v) is 56.8. The molecule has 0 spiro atoms. The zero-order valence-electron chi connectivity index (χ0n) is 56.8. The van der Waals surface area contributed by atoms with Gasteiger partial charge >= 0.3 is 17.9 Å². The van der Waals surface area contributed by atoms with E-state index in [0.29, 0.717) is 17.4 Å². The second-order valence-electron chi connectivity index (χ2n) is 25.9. The number of nitrogens with zero attached hydrogens (tertiary/aromatic N) is 1. The minimum absolute atomic E-state index is 0.178. The summed E-state index contributed by atoms with van der Waals surface area (Å²) in [6.45, 7) is 4.82. The van der Waals surface area contributed by atoms with E-state index in [-0.39, 0.29) is 38.2 Å². The third kappa shape index (κ3) is 68.3. The van der Waals surface area contributed by atoms with E-state index in [1.807, 2.05) is 21.1 Å². The SMILES string of the molecule is CC/C=C\C/C=C\C/C=C\C/C=C\CCCCCCCCCCCCCCCCCCCCC(=O)OC(COC(=O)CCCCCCCCCCCCCCCCCCC/C=C\CCCCCCCCCC)COC(OCC[N+](C)(C)C)C(=O)O. The number of carboxylic acids is 1. The molecule has 0 saturated heterocycles. The van der Waals surface area contributed by atoms with Gasteiger partial charge in [0.15, 0.2) is 6.10 Å². The van der Waals surface area contributed by atoms with Crippen molar-refractivity contribution in [3.8, 4) is 0 Å². The molecule has 0 aromatic rings. The maximum absolute atomic E-state index is 13.0. The van der Waals surface area contributed by atoms with E-state index in [1.165, 1.54) is 257 Å². The molecule has 0 radical (unpaired) electrons. The highest BCUT2D eigenvalue weighted by atomic mass is 16.7. The Kier molecular flexibility index (Phi) is 64.6. The lowest BCUT2D eigenvalue weighted by atomic mass is 10.0. The van der Waals surface area contributed by atoms with Gasteiger partial charge in [-0.1, -0.05) is 319 Å². The van der Waals surface area contributed by atoms with Crippen molar-refractivity contribution in [2.45, 2.75) is 360 Å². The molecule has 0 aromatic carbocycles. The molecule has 0 aliphatic heterocycles. The summed E-state index contributed by atoms with van der Waals surface area (Å²) in [6.07, 6.45) is 84.9. The Balaban J connectivity index is 4.05. The first-order valence-electron chi connectivity index (χ1n) is 36.5. The smallest absolute Gasteiger partial charge is 0.361 e. The van der Waals surface area contributed by atoms with Gasteiger partial charge in [-0.25, -0.2) is 4.79 Å². The average Bonchev–Trinajstić information content (AvgIpc) is 3.49. The molecule has 0 rings (SSSR count). The second kappa shape index (κ2) is 66.9. The fourth-order valence-electron chi connectivity index (χ4n) is 10.7. The summed E-state index contributed by atoms with van der Waals surface area (Å²) in [5, 5.41) is 9.76. The molecule has 0 aliphatic rings. The van der Waals surface area contributed by atoms with Gasteiger partial charge in [0.1, 0.15) is 13.2 Å². The van der Waals surface area contributed by atoms with Crippen molar-refractivity contribution in [2.24, 2.45) is 0 Å². The number of allylic oxidation sites excluding steroid dienone is 10. The van der Waals surface area contributed by atoms with Crippen molar-refractivity contribution < 1.29 is 42.9 Å². The molecule has 0 aliphatic carbocycles. The molecule has 0 saturated carbocycles. The molecule has 2 unspecified atom stereocenters. The molecule has 0 amide bonds. The molecule has 85 heavy (non-hydrogen) atoms. The average molecular weight is 1200 g/mol. The number of esters is 2. The van der Waals surface area contributed by atoms with Crippen molar-refractivity contribution in [1.82, 2.24) is 0 Å². The van der Waals surface area contributed by atoms with Crippen molar-refractivity contribution in [3.05, 3.63) is 60.8 Å². The number of ether oxygens (including phenoxy) is 4. The third-order valence-electron chi connectivity index (χ3n) is 16.3. The predicted molar refractivity (Wildman–Crippen MR) is 364 cm³/mol. The summed E-state index contributed by atoms with van der Waals surface area (Å²) in [6, 6.07) is 0. The van der Waals surface area contributed by atoms with E-state index in [2.05, 4.69) is 74.6 Å². The molecule has 0 heterocycles. The normalized spacial score (nSPS) is 13.0. The molecule has 0 bridgehead atoms. The number of aliphatic carboxylic acids is 1. The molecule has 2 atom stereocenters. The fourth-order valence-corrected chi connectivity index (χ4v) is 10.7. The Bertz CT molecular complexity index is 1580. The first-order valence-corrected chi connectivity index (χ1v) is 36.5. The molecule has 496 valence electrons. The van der Waals surface area contributed by atoms with Crippen LogP contribution in [-0.2, 0) is 33.3 Å². The van der Waals surface area contributed by atoms with Crippen LogP contribution >= 0.6 is 0 Å². The van der Waals surface area contributed by atoms with Gasteiger partial charge in [0.05, 0.1) is 34.4 Å². The lowest BCUT2D eigenvalue weighted by molar-refractivity contribution is -0.870. The predicted octanol–water partition coefficient (Wildman–Crippen LogP) is 22.7. The van der Waals surface area contributed by atoms with Crippen LogP contribution < -0.4 is 0 Å². The first-order chi connectivity index (χ1) is 41.6. The minimum Gasteiger partial charge on any atom is -0.477 e. The summed E-state index contributed by atoms with van der Waals surface area (Å²) in [7, 11) is 5.99. The van der Waals surface area contributed by atoms with Gasteiger partial charge in [0.2, 0.25) is 0 Å². The summed E-state index contributed by atoms with van der Waals surface area (Å²) in [4.78, 5) is 37.7. The highest BCUT2D eigenvalue weighted by molar-refractivity contribution is 5.71. The van der Waals surface area contributed by atoms with Gasteiger partial charge in [-0.05, 0) is 77.0 Å². The van der Waals surface area contributed by atoms with Crippen molar-refractivity contribution in [3.63, 3.8) is 0 Å². The van der Waals surface area contributed by atoms with Crippen molar-refractivity contribution >= 4 is 17.9 Å². The standard InChI is InChI=1S/C76H139NO8/c1-6-8-10-12-14-16-18-20-22-24-26-28-30-32-34-36-37-39-41-43-45-47-49-51-53-55-57-59-61-63-65-67-74(79)85-72(71-84-76(75(80)81)82-69-68-77(3,4)5)70-83-73(78)66-64-62-60-58-56-54-52-50-48-46-44-42-40-38-35-33-31-29-27-25-23-21-19-17-15-13-11-9-7-2/h8,10,14,16,20,22,25-28,72,76H,6-7,9,11-13,15,17-19,21,23-24,29-71H2,1-5H3/p+1/b10-8-,16-14-,22-20-,27-25-,28-26-. The zero-order chi connectivity index (χ0) is 61.9. The van der Waals surface area contributed by atoms with Gasteiger partial charge in [0.25, 0.3) is 6.29 Å². The first kappa shape index (κ1) is 82.0. The molecule has 0 fully saturated rings. The van der Waals surface area contributed by atoms with E-state index >= 15 is 0 Å². The van der Waals surface area contributed by atoms with Crippen LogP contribution in [0.2, 0.25) is 0 Å². The van der Waals surface area contributed by atoms with Gasteiger partial charge in [-0.2, -0.15) is 0 Å². The van der Waals surface area contributed by atoms with Crippen LogP contribution in [0.4, 0.5) is 0 Å². The number of likely N-dealkylation sites (N-methyl/N-ethyl adjacent to an activating group) is 1. The maximum atomic E-state index is 13.0. The number of unbranched alkanes of at least 4 members (excludes halogenated alkanes) is 43. The van der Waals surface area contributed by atoms with Gasteiger partial charge in [0, 0.05) is 12.8 Å². The van der Waals surface area contributed by atoms with Crippen LogP contribution in [0.5, 0.6) is 0 Å². The number of rotatable bonds is 68. The largest absolute Gasteiger partial charge is 0.477 e. The second-order valence-corrected chi connectivity index (χ2v) is 25.9. The highest BCUT2D eigenvalue weighted by Gasteiger charge is 2.25. The number of carboxylic acid groups (broad SMARTS) is 1. The van der Waals surface area contributed by atoms with Crippen LogP contribution in [0.15, 0.2) is 60.8 Å². The summed E-state index contributed by atoms with van der Waals surface area (Å²) < 4.78 is 23.0. The molecule has 9 nitrogen and oxygen atoms in total. The number of hydrogen-bond acceptors (Lipinski definition) is 7. The summed E-state index contributed by atoms with van der Waals surface area (Å²) >= 11 is 0. The van der Waals surface area contributed by atoms with Crippen molar-refractivity contribution in [1.29, 1.82) is 0 Å². The van der Waals surface area contributed by atoms with Gasteiger partial charge in [-0.15, -0.1) is 0 Å². The van der Waals surface area contributed by atoms with E-state index in [4.69, 9.17) is 18.9 Å². The lowest BCUT2D eigenvalue weighted by Gasteiger charge is -2.25. The fraction of sp³-hybridized carbons (Fsp3) is 0.829. The number of quaternary nitrogens is 1. The molecular formula is C76H140NO8+. The van der Waals surface area contributed by atoms with E-state index < -0.39 is 18.4 Å². The Hall–Kier alpha value is -3.01. The molecule has 1 N–H and O–H groups in total. The Morgan fingerprint density at radius 2 is 0.671 bits per heavy atom. The van der Waals surface area contributed by atoms with Crippen LogP contribution in [0, 0.1) is 0 Å². The van der Waals surface area contributed by atoms with E-state index in [1.54, 1.807) is 0 Å². The van der Waals surface area contributed by atoms with Crippen LogP contribution in [-0.4, -0.2) is 87.4 Å². The lowest BCUT2D eigenvalue weighted by Crippen LogP contribution is -2.40. The minimum atomic E-state index is -1.51. The van der Waals surface area contributed by atoms with E-state index in [9.17, 15) is 19.5 Å². The monoisotopic (exact) mass is 1200 g/mol. The third-order valence-corrected chi connectivity index (χ3v) is 16.3. The Morgan fingerprint density at radius 1 is 0.365 bits per heavy atom. The van der Waals surface area contributed by atoms with Crippen molar-refractivity contribution in [2.75, 3.05) is 47.5 Å². The number of carbonyl (C=O) groups excluding carboxylic acids is 2. The maximum Gasteiger partial charge on any atom is 0.361 e. The molecule has 9 heteroatoms.